The number of hydrogen-bond donors (Lipinski definition) is 1. The zero-order valence-electron chi connectivity index (χ0n) is 14.1. The number of nitrogens with zero attached hydrogens (tertiary/aromatic N) is 1. The maximum atomic E-state index is 14.3. The van der Waals surface area contributed by atoms with Crippen LogP contribution in [0.4, 0.5) is 8.78 Å². The molecule has 0 unspecified atom stereocenters. The molecule has 0 bridgehead atoms. The molecule has 0 saturated heterocycles. The fourth-order valence-corrected chi connectivity index (χ4v) is 2.26. The molecule has 1 N–H and O–H groups in total. The van der Waals surface area contributed by atoms with E-state index in [1.165, 1.54) is 0 Å². The highest BCUT2D eigenvalue weighted by Gasteiger charge is 2.16. The van der Waals surface area contributed by atoms with Crippen LogP contribution in [0.25, 0.3) is 11.3 Å². The van der Waals surface area contributed by atoms with Crippen LogP contribution in [-0.4, -0.2) is 16.2 Å². The fourth-order valence-electron chi connectivity index (χ4n) is 2.26. The lowest BCUT2D eigenvalue weighted by Gasteiger charge is -2.11. The van der Waals surface area contributed by atoms with Crippen molar-refractivity contribution in [1.29, 1.82) is 0 Å². The largest absolute Gasteiger partial charge is 0.479 e. The number of halogens is 2. The van der Waals surface area contributed by atoms with Crippen molar-refractivity contribution in [2.24, 2.45) is 0 Å². The maximum Gasteiger partial charge on any atom is 0.280 e. The predicted octanol–water partition coefficient (Wildman–Crippen LogP) is 3.67. The molecule has 0 amide bonds. The fraction of sp³-hybridized carbons (Fsp3) is 0.222. The summed E-state index contributed by atoms with van der Waals surface area (Å²) in [5.74, 6) is -1.86. The lowest BCUT2D eigenvalue weighted by molar-refractivity contribution is 0.230. The molecule has 0 aliphatic heterocycles. The third-order valence-corrected chi connectivity index (χ3v) is 3.31. The molecule has 3 rings (SSSR count). The van der Waals surface area contributed by atoms with Crippen molar-refractivity contribution in [2.45, 2.75) is 26.6 Å². The van der Waals surface area contributed by atoms with Crippen LogP contribution in [0.2, 0.25) is 0 Å². The zero-order chi connectivity index (χ0) is 18.7. The Labute approximate surface area is 147 Å². The van der Waals surface area contributed by atoms with E-state index in [0.717, 1.165) is 18.2 Å². The summed E-state index contributed by atoms with van der Waals surface area (Å²) in [6.45, 7) is 3.42. The van der Waals surface area contributed by atoms with Gasteiger partial charge in [-0.15, -0.1) is 0 Å². The summed E-state index contributed by atoms with van der Waals surface area (Å²) >= 11 is 0. The number of aromatic nitrogens is 2. The number of benzene rings is 1. The van der Waals surface area contributed by atoms with Gasteiger partial charge in [0.05, 0.1) is 17.9 Å². The highest BCUT2D eigenvalue weighted by atomic mass is 19.1. The van der Waals surface area contributed by atoms with E-state index in [4.69, 9.17) is 14.0 Å². The Kier molecular flexibility index (Phi) is 5.01. The van der Waals surface area contributed by atoms with Gasteiger partial charge < -0.3 is 14.0 Å². The monoisotopic (exact) mass is 362 g/mol. The molecule has 0 aliphatic rings. The van der Waals surface area contributed by atoms with Crippen molar-refractivity contribution in [3.8, 4) is 22.9 Å². The first-order valence-electron chi connectivity index (χ1n) is 7.85. The van der Waals surface area contributed by atoms with Crippen molar-refractivity contribution in [1.82, 2.24) is 10.1 Å². The highest BCUT2D eigenvalue weighted by molar-refractivity contribution is 5.61. The number of H-pyrrole nitrogens is 1. The van der Waals surface area contributed by atoms with E-state index in [1.807, 2.05) is 13.8 Å². The molecule has 0 saturated carbocycles. The molecule has 0 fully saturated rings. The molecule has 0 aliphatic carbocycles. The van der Waals surface area contributed by atoms with Crippen LogP contribution < -0.4 is 15.0 Å². The lowest BCUT2D eigenvalue weighted by Crippen LogP contribution is -2.07. The summed E-state index contributed by atoms with van der Waals surface area (Å²) in [4.78, 5) is 15.2. The first-order valence-corrected chi connectivity index (χ1v) is 7.85. The highest BCUT2D eigenvalue weighted by Crippen LogP contribution is 2.29. The van der Waals surface area contributed by atoms with Crippen LogP contribution in [0.3, 0.4) is 0 Å². The third kappa shape index (κ3) is 4.08. The summed E-state index contributed by atoms with van der Waals surface area (Å²) in [6.07, 6.45) is -0.0736. The van der Waals surface area contributed by atoms with Gasteiger partial charge in [0.15, 0.2) is 23.1 Å². The van der Waals surface area contributed by atoms with E-state index in [1.54, 1.807) is 18.2 Å². The standard InChI is InChI=1S/C18H16F2N2O4/c1-10(2)25-17-5-3-4-15(21-17)11-6-13(19)18(14(20)7-11)24-9-12-8-16(23)22-26-12/h3-8,10H,9H2,1-2H3,(H,22,23). The van der Waals surface area contributed by atoms with Gasteiger partial charge >= 0.3 is 0 Å². The SMILES string of the molecule is CC(C)Oc1cccc(-c2cc(F)c(OCc3cc(=O)[nH]o3)c(F)c2)n1. The minimum absolute atomic E-state index is 0.0736. The zero-order valence-corrected chi connectivity index (χ0v) is 14.1. The van der Waals surface area contributed by atoms with E-state index in [9.17, 15) is 13.6 Å². The summed E-state index contributed by atoms with van der Waals surface area (Å²) in [7, 11) is 0. The van der Waals surface area contributed by atoms with E-state index >= 15 is 0 Å². The molecule has 0 atom stereocenters. The summed E-state index contributed by atoms with van der Waals surface area (Å²) in [6, 6.07) is 8.34. The number of aromatic amines is 1. The smallest absolute Gasteiger partial charge is 0.280 e. The van der Waals surface area contributed by atoms with Crippen molar-refractivity contribution in [2.75, 3.05) is 0 Å². The van der Waals surface area contributed by atoms with Crippen molar-refractivity contribution < 1.29 is 22.8 Å². The number of nitrogens with one attached hydrogen (secondary N) is 1. The molecule has 0 spiro atoms. The Morgan fingerprint density at radius 1 is 1.19 bits per heavy atom. The first-order chi connectivity index (χ1) is 12.4. The average Bonchev–Trinajstić information content (AvgIpc) is 2.99. The third-order valence-electron chi connectivity index (χ3n) is 3.31. The van der Waals surface area contributed by atoms with Gasteiger partial charge in [0, 0.05) is 11.6 Å². The average molecular weight is 362 g/mol. The Morgan fingerprint density at radius 3 is 2.54 bits per heavy atom. The molecule has 1 aromatic carbocycles. The van der Waals surface area contributed by atoms with E-state index in [-0.39, 0.29) is 24.0 Å². The van der Waals surface area contributed by atoms with E-state index < -0.39 is 22.9 Å². The number of ether oxygens (including phenoxy) is 2. The topological polar surface area (TPSA) is 77.4 Å². The van der Waals surface area contributed by atoms with Crippen LogP contribution in [0.5, 0.6) is 11.6 Å². The quantitative estimate of drug-likeness (QED) is 0.724. The number of hydrogen-bond acceptors (Lipinski definition) is 5. The normalized spacial score (nSPS) is 11.0. The van der Waals surface area contributed by atoms with Crippen molar-refractivity contribution in [3.05, 3.63) is 64.1 Å². The molecule has 6 nitrogen and oxygen atoms in total. The van der Waals surface area contributed by atoms with Crippen molar-refractivity contribution >= 4 is 0 Å². The Hall–Kier alpha value is -3.16. The Morgan fingerprint density at radius 2 is 1.92 bits per heavy atom. The molecule has 2 aromatic heterocycles. The maximum absolute atomic E-state index is 14.3. The lowest BCUT2D eigenvalue weighted by atomic mass is 10.1. The second kappa shape index (κ2) is 7.38. The molecule has 3 aromatic rings. The van der Waals surface area contributed by atoms with Gasteiger partial charge in [0.25, 0.3) is 5.56 Å². The molecular weight excluding hydrogens is 346 g/mol. The number of rotatable bonds is 6. The Bertz CT molecular complexity index is 943. The Balaban J connectivity index is 1.83. The molecule has 136 valence electrons. The minimum Gasteiger partial charge on any atom is -0.479 e. The summed E-state index contributed by atoms with van der Waals surface area (Å²) in [5, 5.41) is 2.07. The minimum atomic E-state index is -0.894. The second-order valence-electron chi connectivity index (χ2n) is 5.76. The molecule has 8 heteroatoms. The van der Waals surface area contributed by atoms with Gasteiger partial charge in [-0.2, -0.15) is 5.16 Å². The summed E-state index contributed by atoms with van der Waals surface area (Å²) < 4.78 is 43.9. The van der Waals surface area contributed by atoms with Crippen LogP contribution in [0.15, 0.2) is 45.7 Å². The first kappa shape index (κ1) is 17.7. The van der Waals surface area contributed by atoms with Gasteiger partial charge in [-0.3, -0.25) is 4.79 Å². The van der Waals surface area contributed by atoms with Gasteiger partial charge in [-0.05, 0) is 32.0 Å². The molecule has 0 radical (unpaired) electrons. The number of pyridine rings is 1. The van der Waals surface area contributed by atoms with Crippen molar-refractivity contribution in [3.63, 3.8) is 0 Å². The van der Waals surface area contributed by atoms with Gasteiger partial charge in [0.2, 0.25) is 5.88 Å². The molecule has 26 heavy (non-hydrogen) atoms. The van der Waals surface area contributed by atoms with Gasteiger partial charge in [-0.1, -0.05) is 6.07 Å². The van der Waals surface area contributed by atoms with Gasteiger partial charge in [-0.25, -0.2) is 13.8 Å². The van der Waals surface area contributed by atoms with Crippen LogP contribution in [0.1, 0.15) is 19.6 Å². The summed E-state index contributed by atoms with van der Waals surface area (Å²) in [5.41, 5.74) is 0.147. The second-order valence-corrected chi connectivity index (χ2v) is 5.76. The van der Waals surface area contributed by atoms with Gasteiger partial charge in [0.1, 0.15) is 6.61 Å². The van der Waals surface area contributed by atoms with Crippen LogP contribution in [0, 0.1) is 11.6 Å². The molecular formula is C18H16F2N2O4. The van der Waals surface area contributed by atoms with E-state index in [0.29, 0.717) is 11.6 Å². The van der Waals surface area contributed by atoms with Crippen LogP contribution >= 0.6 is 0 Å². The predicted molar refractivity (Wildman–Crippen MR) is 89.0 cm³/mol. The van der Waals surface area contributed by atoms with E-state index in [2.05, 4.69) is 10.1 Å². The molecule has 2 heterocycles. The van der Waals surface area contributed by atoms with Crippen LogP contribution in [-0.2, 0) is 6.61 Å².